The van der Waals surface area contributed by atoms with Gasteiger partial charge in [-0.25, -0.2) is 4.57 Å². The van der Waals surface area contributed by atoms with Crippen molar-refractivity contribution in [2.24, 2.45) is 7.05 Å². The summed E-state index contributed by atoms with van der Waals surface area (Å²) in [6, 6.07) is 15.0. The third kappa shape index (κ3) is 2.19. The second-order valence-corrected chi connectivity index (χ2v) is 7.92. The summed E-state index contributed by atoms with van der Waals surface area (Å²) < 4.78 is 14.6. The van der Waals surface area contributed by atoms with Gasteiger partial charge in [-0.3, -0.25) is 0 Å². The van der Waals surface area contributed by atoms with Gasteiger partial charge in [0.05, 0.1) is 18.1 Å². The summed E-state index contributed by atoms with van der Waals surface area (Å²) in [6.07, 6.45) is 2.14. The second-order valence-electron chi connectivity index (χ2n) is 7.92. The minimum absolute atomic E-state index is 0.434. The lowest BCUT2D eigenvalue weighted by molar-refractivity contribution is -0.659. The number of fused-ring (bicyclic) bond motifs is 3. The smallest absolute Gasteiger partial charge is 0.228 e. The zero-order valence-electron chi connectivity index (χ0n) is 17.0. The Hall–Kier alpha value is -3.07. The van der Waals surface area contributed by atoms with Crippen molar-refractivity contribution in [3.63, 3.8) is 0 Å². The average Bonchev–Trinajstić information content (AvgIpc) is 2.70. The summed E-state index contributed by atoms with van der Waals surface area (Å²) in [5.41, 5.74) is 4.80. The van der Waals surface area contributed by atoms with E-state index in [2.05, 4.69) is 75.0 Å². The molecule has 0 radical (unpaired) electrons. The fraction of sp³-hybridized carbons (Fsp3) is 0.240. The van der Waals surface area contributed by atoms with Crippen LogP contribution in [0.25, 0.3) is 32.8 Å². The lowest BCUT2D eigenvalue weighted by Gasteiger charge is -2.25. The molecule has 0 fully saturated rings. The van der Waals surface area contributed by atoms with Gasteiger partial charge >= 0.3 is 0 Å². The Labute approximate surface area is 165 Å². The maximum atomic E-state index is 6.57. The Balaban J connectivity index is 1.99. The van der Waals surface area contributed by atoms with Gasteiger partial charge in [-0.2, -0.15) is 0 Å². The number of benzene rings is 3. The van der Waals surface area contributed by atoms with Crippen molar-refractivity contribution in [2.75, 3.05) is 7.11 Å². The van der Waals surface area contributed by atoms with Gasteiger partial charge in [-0.15, -0.1) is 0 Å². The zero-order chi connectivity index (χ0) is 19.6. The van der Waals surface area contributed by atoms with Crippen LogP contribution in [0, 0.1) is 6.92 Å². The van der Waals surface area contributed by atoms with Crippen LogP contribution in [-0.2, 0) is 7.05 Å². The first-order valence-corrected chi connectivity index (χ1v) is 9.75. The molecular formula is C25H24NO2+. The van der Waals surface area contributed by atoms with E-state index in [1.54, 1.807) is 7.11 Å². The van der Waals surface area contributed by atoms with E-state index in [-0.39, 0.29) is 0 Å². The number of aryl methyl sites for hydroxylation is 2. The summed E-state index contributed by atoms with van der Waals surface area (Å²) in [4.78, 5) is 0. The largest absolute Gasteiger partial charge is 0.492 e. The first-order chi connectivity index (χ1) is 13.5. The third-order valence-corrected chi connectivity index (χ3v) is 5.93. The maximum absolute atomic E-state index is 6.57. The van der Waals surface area contributed by atoms with E-state index in [1.165, 1.54) is 33.0 Å². The van der Waals surface area contributed by atoms with Crippen LogP contribution >= 0.6 is 0 Å². The standard InChI is InChI=1S/C25H24NO2/c1-14(2)17-12-16-10-11-26(4)23-21-15(3)18-8-6-7-9-19(18)24(27-5)25(21)28-20(13-17)22(16)23/h6-14H,1-5H3/q+1. The first-order valence-electron chi connectivity index (χ1n) is 9.75. The molecule has 0 amide bonds. The van der Waals surface area contributed by atoms with E-state index in [4.69, 9.17) is 9.47 Å². The van der Waals surface area contributed by atoms with Gasteiger partial charge in [0.1, 0.15) is 12.8 Å². The number of hydrogen-bond donors (Lipinski definition) is 0. The van der Waals surface area contributed by atoms with Gasteiger partial charge in [0.2, 0.25) is 5.69 Å². The third-order valence-electron chi connectivity index (χ3n) is 5.93. The Morgan fingerprint density at radius 3 is 2.50 bits per heavy atom. The van der Waals surface area contributed by atoms with Crippen molar-refractivity contribution in [3.05, 3.63) is 59.8 Å². The summed E-state index contributed by atoms with van der Waals surface area (Å²) in [7, 11) is 3.83. The Bertz CT molecular complexity index is 1270. The highest BCUT2D eigenvalue weighted by Crippen LogP contribution is 2.53. The molecule has 0 N–H and O–H groups in total. The molecule has 0 atom stereocenters. The number of pyridine rings is 1. The minimum atomic E-state index is 0.434. The van der Waals surface area contributed by atoms with Crippen LogP contribution in [-0.4, -0.2) is 7.11 Å². The lowest BCUT2D eigenvalue weighted by Crippen LogP contribution is -2.32. The van der Waals surface area contributed by atoms with Gasteiger partial charge < -0.3 is 9.47 Å². The van der Waals surface area contributed by atoms with Crippen molar-refractivity contribution in [1.29, 1.82) is 0 Å². The van der Waals surface area contributed by atoms with E-state index >= 15 is 0 Å². The lowest BCUT2D eigenvalue weighted by atomic mass is 9.90. The van der Waals surface area contributed by atoms with Crippen LogP contribution in [0.2, 0.25) is 0 Å². The Morgan fingerprint density at radius 2 is 1.79 bits per heavy atom. The topological polar surface area (TPSA) is 22.3 Å². The van der Waals surface area contributed by atoms with E-state index in [0.717, 1.165) is 28.2 Å². The monoisotopic (exact) mass is 370 g/mol. The molecule has 0 unspecified atom stereocenters. The van der Waals surface area contributed by atoms with Crippen LogP contribution in [0.15, 0.2) is 48.7 Å². The quantitative estimate of drug-likeness (QED) is 0.354. The highest BCUT2D eigenvalue weighted by Gasteiger charge is 2.33. The van der Waals surface area contributed by atoms with E-state index in [1.807, 2.05) is 6.07 Å². The highest BCUT2D eigenvalue weighted by molar-refractivity contribution is 6.07. The fourth-order valence-electron chi connectivity index (χ4n) is 4.45. The molecule has 140 valence electrons. The molecule has 0 spiro atoms. The number of rotatable bonds is 2. The minimum Gasteiger partial charge on any atom is -0.492 e. The second kappa shape index (κ2) is 5.96. The molecular weight excluding hydrogens is 346 g/mol. The van der Waals surface area contributed by atoms with Crippen LogP contribution in [0.4, 0.5) is 0 Å². The zero-order valence-corrected chi connectivity index (χ0v) is 17.0. The van der Waals surface area contributed by atoms with Crippen molar-refractivity contribution >= 4 is 21.5 Å². The fourth-order valence-corrected chi connectivity index (χ4v) is 4.45. The van der Waals surface area contributed by atoms with Crippen molar-refractivity contribution in [1.82, 2.24) is 0 Å². The molecule has 0 aliphatic carbocycles. The summed E-state index contributed by atoms with van der Waals surface area (Å²) >= 11 is 0. The molecule has 1 aromatic heterocycles. The van der Waals surface area contributed by atoms with Crippen LogP contribution in [0.1, 0.15) is 30.9 Å². The van der Waals surface area contributed by atoms with E-state index in [9.17, 15) is 0 Å². The molecule has 0 saturated carbocycles. The van der Waals surface area contributed by atoms with Gasteiger partial charge in [0.15, 0.2) is 17.7 Å². The summed E-state index contributed by atoms with van der Waals surface area (Å²) in [6.45, 7) is 6.61. The van der Waals surface area contributed by atoms with Crippen LogP contribution in [0.5, 0.6) is 17.2 Å². The van der Waals surface area contributed by atoms with E-state index < -0.39 is 0 Å². The predicted octanol–water partition coefficient (Wildman–Crippen LogP) is 6.03. The van der Waals surface area contributed by atoms with Gasteiger partial charge in [-0.05, 0) is 40.8 Å². The number of methoxy groups -OCH3 is 1. The first kappa shape index (κ1) is 17.1. The van der Waals surface area contributed by atoms with Crippen LogP contribution < -0.4 is 14.0 Å². The molecule has 5 rings (SSSR count). The predicted molar refractivity (Wildman–Crippen MR) is 114 cm³/mol. The van der Waals surface area contributed by atoms with Crippen LogP contribution in [0.3, 0.4) is 0 Å². The molecule has 1 aliphatic rings. The van der Waals surface area contributed by atoms with Crippen molar-refractivity contribution in [2.45, 2.75) is 26.7 Å². The molecule has 3 nitrogen and oxygen atoms in total. The van der Waals surface area contributed by atoms with Crippen molar-refractivity contribution < 1.29 is 14.0 Å². The van der Waals surface area contributed by atoms with Gasteiger partial charge in [0, 0.05) is 11.5 Å². The highest BCUT2D eigenvalue weighted by atomic mass is 16.5. The molecule has 28 heavy (non-hydrogen) atoms. The average molecular weight is 370 g/mol. The van der Waals surface area contributed by atoms with Crippen molar-refractivity contribution in [3.8, 4) is 28.5 Å². The molecule has 0 bridgehead atoms. The maximum Gasteiger partial charge on any atom is 0.228 e. The molecule has 3 heteroatoms. The summed E-state index contributed by atoms with van der Waals surface area (Å²) in [5.74, 6) is 2.96. The number of aromatic nitrogens is 1. The van der Waals surface area contributed by atoms with E-state index in [0.29, 0.717) is 5.92 Å². The Morgan fingerprint density at radius 1 is 1.04 bits per heavy atom. The number of nitrogens with zero attached hydrogens (tertiary/aromatic N) is 1. The number of hydrogen-bond acceptors (Lipinski definition) is 2. The molecule has 4 aromatic rings. The summed E-state index contributed by atoms with van der Waals surface area (Å²) in [5, 5.41) is 4.66. The normalized spacial score (nSPS) is 12.4. The Kier molecular flexibility index (Phi) is 3.63. The van der Waals surface area contributed by atoms with Gasteiger partial charge in [0.25, 0.3) is 0 Å². The number of ether oxygens (including phenoxy) is 2. The van der Waals surface area contributed by atoms with Gasteiger partial charge in [-0.1, -0.05) is 44.2 Å². The SMILES string of the molecule is COc1c2c(c(C)c3ccccc13)-c1c3c(cc(C(C)C)cc3cc[n+]1C)O2. The molecule has 3 aromatic carbocycles. The molecule has 2 heterocycles. The molecule has 1 aliphatic heterocycles. The molecule has 0 saturated heterocycles.